The maximum atomic E-state index is 11.1. The van der Waals surface area contributed by atoms with E-state index in [0.717, 1.165) is 11.3 Å². The molecule has 2 unspecified atom stereocenters. The highest BCUT2D eigenvalue weighted by Crippen LogP contribution is 2.36. The lowest BCUT2D eigenvalue weighted by Crippen LogP contribution is -2.58. The fraction of sp³-hybridized carbons (Fsp3) is 0.438. The van der Waals surface area contributed by atoms with E-state index in [1.807, 2.05) is 41.2 Å². The summed E-state index contributed by atoms with van der Waals surface area (Å²) in [5, 5.41) is 18.8. The van der Waals surface area contributed by atoms with Gasteiger partial charge in [-0.1, -0.05) is 12.1 Å². The molecular weight excluding hydrogens is 266 g/mol. The van der Waals surface area contributed by atoms with E-state index in [4.69, 9.17) is 4.74 Å². The van der Waals surface area contributed by atoms with Gasteiger partial charge in [0, 0.05) is 24.5 Å². The van der Waals surface area contributed by atoms with Crippen LogP contribution in [0.5, 0.6) is 0 Å². The van der Waals surface area contributed by atoms with Gasteiger partial charge in [0.25, 0.3) is 0 Å². The number of aliphatic hydroxyl groups is 1. The summed E-state index contributed by atoms with van der Waals surface area (Å²) in [5.74, 6) is 0. The van der Waals surface area contributed by atoms with E-state index in [-0.39, 0.29) is 12.1 Å². The molecule has 21 heavy (non-hydrogen) atoms. The van der Waals surface area contributed by atoms with Crippen molar-refractivity contribution in [3.05, 3.63) is 48.3 Å². The molecule has 110 valence electrons. The molecule has 5 heteroatoms. The van der Waals surface area contributed by atoms with Gasteiger partial charge in [-0.05, 0) is 36.6 Å². The Labute approximate surface area is 123 Å². The molecule has 0 amide bonds. The number of rotatable bonds is 2. The van der Waals surface area contributed by atoms with Gasteiger partial charge in [-0.15, -0.1) is 0 Å². The lowest BCUT2D eigenvalue weighted by molar-refractivity contribution is -0.0802. The number of ether oxygens (including phenoxy) is 1. The number of nitrogens with zero attached hydrogens (tertiary/aromatic N) is 2. The van der Waals surface area contributed by atoms with Crippen LogP contribution in [0.1, 0.15) is 18.4 Å². The number of aromatic nitrogens is 2. The fourth-order valence-corrected chi connectivity index (χ4v) is 3.50. The summed E-state index contributed by atoms with van der Waals surface area (Å²) >= 11 is 0. The molecule has 0 saturated carbocycles. The number of benzene rings is 1. The third-order valence-electron chi connectivity index (χ3n) is 4.45. The molecular formula is C16H19N3O2. The molecule has 0 spiro atoms. The Bertz CT molecular complexity index is 597. The molecule has 2 bridgehead atoms. The van der Waals surface area contributed by atoms with Crippen LogP contribution in [0.2, 0.25) is 0 Å². The Morgan fingerprint density at radius 1 is 1.19 bits per heavy atom. The molecule has 2 atom stereocenters. The minimum atomic E-state index is -0.757. The molecule has 2 N–H and O–H groups in total. The van der Waals surface area contributed by atoms with Gasteiger partial charge >= 0.3 is 0 Å². The predicted molar refractivity (Wildman–Crippen MR) is 78.2 cm³/mol. The van der Waals surface area contributed by atoms with Crippen LogP contribution in [0.4, 0.5) is 0 Å². The Morgan fingerprint density at radius 3 is 2.52 bits per heavy atom. The summed E-state index contributed by atoms with van der Waals surface area (Å²) in [6, 6.07) is 10.4. The fourth-order valence-electron chi connectivity index (χ4n) is 3.50. The van der Waals surface area contributed by atoms with Crippen LogP contribution in [0.15, 0.2) is 42.7 Å². The predicted octanol–water partition coefficient (Wildman–Crippen LogP) is 1.21. The number of piperidine rings is 1. The second-order valence-corrected chi connectivity index (χ2v) is 6.04. The van der Waals surface area contributed by atoms with Crippen molar-refractivity contribution in [3.8, 4) is 5.69 Å². The van der Waals surface area contributed by atoms with Crippen LogP contribution < -0.4 is 5.32 Å². The summed E-state index contributed by atoms with van der Waals surface area (Å²) in [6.07, 6.45) is 5.07. The zero-order valence-corrected chi connectivity index (χ0v) is 11.8. The SMILES string of the molecule is OC1(c2ccc(-n3cccn3)cc2)CC2COCC(C1)N2. The van der Waals surface area contributed by atoms with Crippen molar-refractivity contribution in [1.82, 2.24) is 15.1 Å². The highest BCUT2D eigenvalue weighted by atomic mass is 16.5. The molecule has 2 aliphatic heterocycles. The van der Waals surface area contributed by atoms with Gasteiger partial charge in [-0.25, -0.2) is 4.68 Å². The molecule has 4 rings (SSSR count). The Balaban J connectivity index is 1.60. The van der Waals surface area contributed by atoms with Gasteiger partial charge in [0.1, 0.15) is 0 Å². The average molecular weight is 285 g/mol. The minimum absolute atomic E-state index is 0.244. The van der Waals surface area contributed by atoms with Gasteiger partial charge in [-0.3, -0.25) is 0 Å². The lowest BCUT2D eigenvalue weighted by atomic mass is 9.78. The molecule has 2 saturated heterocycles. The van der Waals surface area contributed by atoms with Crippen molar-refractivity contribution in [3.63, 3.8) is 0 Å². The van der Waals surface area contributed by atoms with E-state index in [0.29, 0.717) is 26.1 Å². The maximum absolute atomic E-state index is 11.1. The third kappa shape index (κ3) is 2.37. The van der Waals surface area contributed by atoms with E-state index in [1.165, 1.54) is 0 Å². The van der Waals surface area contributed by atoms with Crippen LogP contribution in [0.3, 0.4) is 0 Å². The molecule has 0 aliphatic carbocycles. The van der Waals surface area contributed by atoms with Gasteiger partial charge < -0.3 is 15.2 Å². The molecule has 2 aromatic rings. The summed E-state index contributed by atoms with van der Waals surface area (Å²) in [7, 11) is 0. The molecule has 2 fully saturated rings. The van der Waals surface area contributed by atoms with Crippen molar-refractivity contribution in [2.45, 2.75) is 30.5 Å². The molecule has 1 aromatic heterocycles. The van der Waals surface area contributed by atoms with Gasteiger partial charge in [0.2, 0.25) is 0 Å². The quantitative estimate of drug-likeness (QED) is 0.871. The first-order valence-electron chi connectivity index (χ1n) is 7.40. The second-order valence-electron chi connectivity index (χ2n) is 6.04. The lowest BCUT2D eigenvalue weighted by Gasteiger charge is -2.45. The summed E-state index contributed by atoms with van der Waals surface area (Å²) in [5.41, 5.74) is 1.23. The number of hydrogen-bond donors (Lipinski definition) is 2. The second kappa shape index (κ2) is 4.94. The third-order valence-corrected chi connectivity index (χ3v) is 4.45. The summed E-state index contributed by atoms with van der Waals surface area (Å²) in [4.78, 5) is 0. The van der Waals surface area contributed by atoms with E-state index >= 15 is 0 Å². The van der Waals surface area contributed by atoms with Crippen LogP contribution in [-0.4, -0.2) is 40.2 Å². The van der Waals surface area contributed by atoms with E-state index in [1.54, 1.807) is 6.20 Å². The van der Waals surface area contributed by atoms with Gasteiger partial charge in [-0.2, -0.15) is 5.10 Å². The first-order chi connectivity index (χ1) is 10.2. The Hall–Kier alpha value is -1.69. The van der Waals surface area contributed by atoms with Crippen molar-refractivity contribution in [2.24, 2.45) is 0 Å². The van der Waals surface area contributed by atoms with E-state index < -0.39 is 5.60 Å². The summed E-state index contributed by atoms with van der Waals surface area (Å²) in [6.45, 7) is 1.37. The van der Waals surface area contributed by atoms with E-state index in [9.17, 15) is 5.11 Å². The average Bonchev–Trinajstić information content (AvgIpc) is 3.01. The number of hydrogen-bond acceptors (Lipinski definition) is 4. The van der Waals surface area contributed by atoms with Crippen molar-refractivity contribution >= 4 is 0 Å². The Morgan fingerprint density at radius 2 is 1.90 bits per heavy atom. The van der Waals surface area contributed by atoms with Crippen molar-refractivity contribution in [1.29, 1.82) is 0 Å². The number of nitrogens with one attached hydrogen (secondary N) is 1. The molecule has 3 heterocycles. The summed E-state index contributed by atoms with van der Waals surface area (Å²) < 4.78 is 7.37. The highest BCUT2D eigenvalue weighted by molar-refractivity contribution is 5.36. The first kappa shape index (κ1) is 13.0. The topological polar surface area (TPSA) is 59.3 Å². The first-order valence-corrected chi connectivity index (χ1v) is 7.40. The largest absolute Gasteiger partial charge is 0.385 e. The van der Waals surface area contributed by atoms with Crippen molar-refractivity contribution in [2.75, 3.05) is 13.2 Å². The zero-order valence-electron chi connectivity index (χ0n) is 11.8. The minimum Gasteiger partial charge on any atom is -0.385 e. The van der Waals surface area contributed by atoms with Crippen LogP contribution in [0, 0.1) is 0 Å². The molecule has 5 nitrogen and oxygen atoms in total. The zero-order chi connectivity index (χ0) is 14.3. The normalized spacial score (nSPS) is 32.0. The smallest absolute Gasteiger partial charge is 0.0928 e. The van der Waals surface area contributed by atoms with Crippen LogP contribution in [0.25, 0.3) is 5.69 Å². The molecule has 0 radical (unpaired) electrons. The molecule has 2 aliphatic rings. The van der Waals surface area contributed by atoms with Crippen molar-refractivity contribution < 1.29 is 9.84 Å². The highest BCUT2D eigenvalue weighted by Gasteiger charge is 2.42. The maximum Gasteiger partial charge on any atom is 0.0928 e. The van der Waals surface area contributed by atoms with Crippen LogP contribution >= 0.6 is 0 Å². The van der Waals surface area contributed by atoms with E-state index in [2.05, 4.69) is 10.4 Å². The van der Waals surface area contributed by atoms with Crippen LogP contribution in [-0.2, 0) is 10.3 Å². The number of fused-ring (bicyclic) bond motifs is 2. The Kier molecular flexibility index (Phi) is 3.06. The number of morpholine rings is 1. The van der Waals surface area contributed by atoms with Gasteiger partial charge in [0.05, 0.1) is 24.5 Å². The van der Waals surface area contributed by atoms with Gasteiger partial charge in [0.15, 0.2) is 0 Å². The molecule has 1 aromatic carbocycles. The monoisotopic (exact) mass is 285 g/mol. The standard InChI is InChI=1S/C16H19N3O2/c20-16(8-13-10-21-11-14(9-16)18-13)12-2-4-15(5-3-12)19-7-1-6-17-19/h1-7,13-14,18,20H,8-11H2.